The zero-order chi connectivity index (χ0) is 23.6. The zero-order valence-electron chi connectivity index (χ0n) is 19.5. The molecule has 180 valence electrons. The second kappa shape index (κ2) is 10.2. The molecule has 1 N–H and O–H groups in total. The highest BCUT2D eigenvalue weighted by Gasteiger charge is 2.41. The molecule has 2 unspecified atom stereocenters. The van der Waals surface area contributed by atoms with Gasteiger partial charge in [-0.15, -0.1) is 11.3 Å². The fourth-order valence-electron chi connectivity index (χ4n) is 5.08. The normalized spacial score (nSPS) is 21.2. The van der Waals surface area contributed by atoms with Gasteiger partial charge in [0.15, 0.2) is 0 Å². The van der Waals surface area contributed by atoms with E-state index in [2.05, 4.69) is 16.3 Å². The Morgan fingerprint density at radius 2 is 1.88 bits per heavy atom. The molecule has 7 nitrogen and oxygen atoms in total. The van der Waals surface area contributed by atoms with E-state index in [0.717, 1.165) is 29.8 Å². The quantitative estimate of drug-likeness (QED) is 0.644. The number of morpholine rings is 1. The number of aryl methyl sites for hydroxylation is 3. The molecule has 2 aromatic rings. The van der Waals surface area contributed by atoms with Crippen LogP contribution >= 0.6 is 11.3 Å². The van der Waals surface area contributed by atoms with E-state index >= 15 is 0 Å². The first kappa shape index (κ1) is 24.3. The van der Waals surface area contributed by atoms with E-state index in [9.17, 15) is 13.2 Å². The van der Waals surface area contributed by atoms with Gasteiger partial charge in [-0.2, -0.15) is 4.31 Å². The number of hydrogen-bond donors (Lipinski definition) is 1. The molecule has 0 spiro atoms. The van der Waals surface area contributed by atoms with E-state index in [1.165, 1.54) is 9.18 Å². The van der Waals surface area contributed by atoms with Gasteiger partial charge in [0.2, 0.25) is 15.9 Å². The fourth-order valence-corrected chi connectivity index (χ4v) is 8.01. The number of nitrogens with one attached hydrogen (secondary N) is 1. The van der Waals surface area contributed by atoms with E-state index in [0.29, 0.717) is 44.0 Å². The minimum absolute atomic E-state index is 0.0610. The minimum Gasteiger partial charge on any atom is -0.379 e. The van der Waals surface area contributed by atoms with Crippen LogP contribution in [0.5, 0.6) is 0 Å². The Bertz CT molecular complexity index is 1060. The molecule has 2 saturated heterocycles. The van der Waals surface area contributed by atoms with Crippen molar-refractivity contribution >= 4 is 27.3 Å². The van der Waals surface area contributed by atoms with Crippen molar-refractivity contribution in [1.29, 1.82) is 0 Å². The molecule has 2 atom stereocenters. The Hall–Kier alpha value is -1.78. The maximum Gasteiger partial charge on any atom is 0.244 e. The summed E-state index contributed by atoms with van der Waals surface area (Å²) in [7, 11) is -3.77. The molecular weight excluding hydrogens is 458 g/mol. The second-order valence-corrected chi connectivity index (χ2v) is 11.7. The van der Waals surface area contributed by atoms with Crippen LogP contribution in [0.15, 0.2) is 34.5 Å². The predicted octanol–water partition coefficient (Wildman–Crippen LogP) is 3.02. The SMILES string of the molecule is Cc1cc(C)c(S(=O)(=O)N2CCCC2C(=O)NCC(c2cccs2)N2CCOCC2)c(C)c1. The van der Waals surface area contributed by atoms with Crippen molar-refractivity contribution in [3.8, 4) is 0 Å². The van der Waals surface area contributed by atoms with Crippen LogP contribution < -0.4 is 5.32 Å². The number of carbonyl (C=O) groups is 1. The summed E-state index contributed by atoms with van der Waals surface area (Å²) in [5, 5.41) is 5.13. The van der Waals surface area contributed by atoms with Crippen molar-refractivity contribution in [2.75, 3.05) is 39.4 Å². The topological polar surface area (TPSA) is 79.0 Å². The van der Waals surface area contributed by atoms with Crippen molar-refractivity contribution in [1.82, 2.24) is 14.5 Å². The van der Waals surface area contributed by atoms with Crippen LogP contribution in [0.4, 0.5) is 0 Å². The number of rotatable bonds is 7. The Labute approximate surface area is 200 Å². The second-order valence-electron chi connectivity index (χ2n) is 8.93. The maximum atomic E-state index is 13.6. The number of amides is 1. The van der Waals surface area contributed by atoms with E-state index < -0.39 is 16.1 Å². The van der Waals surface area contributed by atoms with Gasteiger partial charge in [-0.3, -0.25) is 9.69 Å². The van der Waals surface area contributed by atoms with E-state index in [1.807, 2.05) is 44.4 Å². The smallest absolute Gasteiger partial charge is 0.244 e. The van der Waals surface area contributed by atoms with Crippen LogP contribution in [0, 0.1) is 20.8 Å². The van der Waals surface area contributed by atoms with E-state index in [4.69, 9.17) is 4.74 Å². The summed E-state index contributed by atoms with van der Waals surface area (Å²) in [5.41, 5.74) is 2.48. The molecule has 33 heavy (non-hydrogen) atoms. The summed E-state index contributed by atoms with van der Waals surface area (Å²) >= 11 is 1.67. The molecule has 9 heteroatoms. The number of sulfonamides is 1. The highest BCUT2D eigenvalue weighted by atomic mass is 32.2. The molecular formula is C24H33N3O4S2. The lowest BCUT2D eigenvalue weighted by Gasteiger charge is -2.34. The van der Waals surface area contributed by atoms with Gasteiger partial charge < -0.3 is 10.1 Å². The monoisotopic (exact) mass is 491 g/mol. The summed E-state index contributed by atoms with van der Waals surface area (Å²) in [6.45, 7) is 9.42. The third kappa shape index (κ3) is 5.17. The minimum atomic E-state index is -3.77. The lowest BCUT2D eigenvalue weighted by Crippen LogP contribution is -2.49. The summed E-state index contributed by atoms with van der Waals surface area (Å²) in [6.07, 6.45) is 1.22. The predicted molar refractivity (Wildman–Crippen MR) is 130 cm³/mol. The van der Waals surface area contributed by atoms with Crippen molar-refractivity contribution in [3.63, 3.8) is 0 Å². The molecule has 0 bridgehead atoms. The fraction of sp³-hybridized carbons (Fsp3) is 0.542. The average Bonchev–Trinajstić information content (AvgIpc) is 3.46. The van der Waals surface area contributed by atoms with Crippen LogP contribution in [0.1, 0.15) is 40.5 Å². The number of nitrogens with zero attached hydrogens (tertiary/aromatic N) is 2. The summed E-state index contributed by atoms with van der Waals surface area (Å²) in [5.74, 6) is -0.215. The molecule has 0 saturated carbocycles. The Balaban J connectivity index is 1.51. The lowest BCUT2D eigenvalue weighted by atomic mass is 10.1. The molecule has 2 aliphatic rings. The molecule has 4 rings (SSSR count). The number of benzene rings is 1. The molecule has 0 aliphatic carbocycles. The molecule has 2 fully saturated rings. The molecule has 1 aromatic heterocycles. The average molecular weight is 492 g/mol. The molecule has 2 aliphatic heterocycles. The van der Waals surface area contributed by atoms with Crippen molar-refractivity contribution < 1.29 is 17.9 Å². The first-order valence-corrected chi connectivity index (χ1v) is 13.8. The molecule has 0 radical (unpaired) electrons. The Morgan fingerprint density at radius 1 is 1.18 bits per heavy atom. The van der Waals surface area contributed by atoms with Gasteiger partial charge >= 0.3 is 0 Å². The summed E-state index contributed by atoms with van der Waals surface area (Å²) in [4.78, 5) is 17.1. The number of carbonyl (C=O) groups excluding carboxylic acids is 1. The number of hydrogen-bond acceptors (Lipinski definition) is 6. The van der Waals surface area contributed by atoms with Crippen LogP contribution in [0.25, 0.3) is 0 Å². The van der Waals surface area contributed by atoms with Gasteiger partial charge in [0.1, 0.15) is 6.04 Å². The largest absolute Gasteiger partial charge is 0.379 e. The summed E-state index contributed by atoms with van der Waals surface area (Å²) in [6, 6.07) is 7.27. The highest BCUT2D eigenvalue weighted by molar-refractivity contribution is 7.89. The van der Waals surface area contributed by atoms with Gasteiger partial charge in [0.25, 0.3) is 0 Å². The van der Waals surface area contributed by atoms with Crippen LogP contribution in [-0.2, 0) is 19.6 Å². The van der Waals surface area contributed by atoms with Crippen LogP contribution in [0.2, 0.25) is 0 Å². The van der Waals surface area contributed by atoms with E-state index in [1.54, 1.807) is 11.3 Å². The van der Waals surface area contributed by atoms with Crippen molar-refractivity contribution in [3.05, 3.63) is 51.2 Å². The summed E-state index contributed by atoms with van der Waals surface area (Å²) < 4.78 is 34.1. The van der Waals surface area contributed by atoms with Crippen molar-refractivity contribution in [2.45, 2.75) is 50.6 Å². The first-order valence-electron chi connectivity index (χ1n) is 11.5. The van der Waals surface area contributed by atoms with Crippen molar-refractivity contribution in [2.24, 2.45) is 0 Å². The van der Waals surface area contributed by atoms with Crippen LogP contribution in [0.3, 0.4) is 0 Å². The van der Waals surface area contributed by atoms with Crippen LogP contribution in [-0.4, -0.2) is 69.0 Å². The Kier molecular flexibility index (Phi) is 7.55. The standard InChI is InChI=1S/C24H33N3O4S2/c1-17-14-18(2)23(19(3)15-17)33(29,30)27-8-4-6-20(27)24(28)25-16-21(22-7-5-13-32-22)26-9-11-31-12-10-26/h5,7,13-15,20-21H,4,6,8-12,16H2,1-3H3,(H,25,28). The van der Waals surface area contributed by atoms with Gasteiger partial charge in [-0.25, -0.2) is 8.42 Å². The Morgan fingerprint density at radius 3 is 2.52 bits per heavy atom. The number of thiophene rings is 1. The molecule has 1 amide bonds. The van der Waals surface area contributed by atoms with E-state index in [-0.39, 0.29) is 11.9 Å². The van der Waals surface area contributed by atoms with Gasteiger partial charge in [0.05, 0.1) is 24.2 Å². The van der Waals surface area contributed by atoms with Gasteiger partial charge in [0, 0.05) is 31.1 Å². The molecule has 3 heterocycles. The van der Waals surface area contributed by atoms with Gasteiger partial charge in [-0.05, 0) is 56.2 Å². The third-order valence-corrected chi connectivity index (χ3v) is 9.69. The third-order valence-electron chi connectivity index (χ3n) is 6.51. The van der Waals surface area contributed by atoms with Gasteiger partial charge in [-0.1, -0.05) is 23.8 Å². The maximum absolute atomic E-state index is 13.6. The highest BCUT2D eigenvalue weighted by Crippen LogP contribution is 2.31. The zero-order valence-corrected chi connectivity index (χ0v) is 21.2. The lowest BCUT2D eigenvalue weighted by molar-refractivity contribution is -0.124. The molecule has 1 aromatic carbocycles. The first-order chi connectivity index (χ1) is 15.8. The number of ether oxygens (including phenoxy) is 1.